The lowest BCUT2D eigenvalue weighted by Crippen LogP contribution is -2.43. The van der Waals surface area contributed by atoms with E-state index in [0.717, 1.165) is 0 Å². The van der Waals surface area contributed by atoms with E-state index in [-0.39, 0.29) is 16.8 Å². The fraction of sp³-hybridized carbons (Fsp3) is 0.333. The Kier molecular flexibility index (Phi) is 5.12. The summed E-state index contributed by atoms with van der Waals surface area (Å²) in [6.45, 7) is -0.124. The molecule has 0 radical (unpaired) electrons. The zero-order valence-corrected chi connectivity index (χ0v) is 10.8. The van der Waals surface area contributed by atoms with Crippen LogP contribution in [-0.4, -0.2) is 36.0 Å². The largest absolute Gasteiger partial charge is 0.478 e. The third kappa shape index (κ3) is 4.33. The molecular formula is C12H12F4N2O3. The molecule has 0 aliphatic carbocycles. The summed E-state index contributed by atoms with van der Waals surface area (Å²) in [6.07, 6.45) is -3.89. The number of hydrogen-bond donors (Lipinski definition) is 3. The highest BCUT2D eigenvalue weighted by Crippen LogP contribution is 2.22. The molecule has 0 spiro atoms. The Morgan fingerprint density at radius 2 is 1.95 bits per heavy atom. The molecule has 0 aromatic heterocycles. The number of aromatic carboxylic acids is 1. The van der Waals surface area contributed by atoms with E-state index < -0.39 is 30.9 Å². The monoisotopic (exact) mass is 308 g/mol. The summed E-state index contributed by atoms with van der Waals surface area (Å²) >= 11 is 0. The Bertz CT molecular complexity index is 549. The molecule has 0 atom stereocenters. The van der Waals surface area contributed by atoms with Gasteiger partial charge in [0.25, 0.3) is 0 Å². The van der Waals surface area contributed by atoms with Crippen molar-refractivity contribution in [2.75, 3.05) is 11.9 Å². The van der Waals surface area contributed by atoms with Gasteiger partial charge in [0.1, 0.15) is 0 Å². The third-order valence-corrected chi connectivity index (χ3v) is 2.62. The predicted molar refractivity (Wildman–Crippen MR) is 66.1 cm³/mol. The Balaban J connectivity index is 2.72. The number of carbonyl (C=O) groups excluding carboxylic acids is 1. The second-order valence-corrected chi connectivity index (χ2v) is 4.15. The number of amides is 2. The molecule has 116 valence electrons. The number of urea groups is 1. The molecule has 0 unspecified atom stereocenters. The number of carbonyl (C=O) groups is 2. The van der Waals surface area contributed by atoms with Crippen molar-refractivity contribution >= 4 is 17.7 Å². The first-order chi connectivity index (χ1) is 9.65. The van der Waals surface area contributed by atoms with Crippen molar-refractivity contribution in [3.05, 3.63) is 29.3 Å². The normalized spacial score (nSPS) is 11.3. The number of hydrogen-bond acceptors (Lipinski definition) is 2. The molecular weight excluding hydrogens is 296 g/mol. The van der Waals surface area contributed by atoms with Crippen LogP contribution in [0.15, 0.2) is 18.2 Å². The maximum atomic E-state index is 12.6. The van der Waals surface area contributed by atoms with Gasteiger partial charge in [-0.05, 0) is 24.6 Å². The van der Waals surface area contributed by atoms with Crippen LogP contribution in [0.2, 0.25) is 0 Å². The molecule has 0 aliphatic heterocycles. The van der Waals surface area contributed by atoms with E-state index in [1.54, 1.807) is 5.32 Å². The van der Waals surface area contributed by atoms with Crippen LogP contribution < -0.4 is 10.6 Å². The Morgan fingerprint density at radius 3 is 2.48 bits per heavy atom. The van der Waals surface area contributed by atoms with E-state index in [4.69, 9.17) is 5.11 Å². The first kappa shape index (κ1) is 16.7. The lowest BCUT2D eigenvalue weighted by atomic mass is 10.1. The van der Waals surface area contributed by atoms with Crippen molar-refractivity contribution < 1.29 is 32.3 Å². The van der Waals surface area contributed by atoms with Gasteiger partial charge in [-0.2, -0.15) is 8.78 Å². The minimum Gasteiger partial charge on any atom is -0.478 e. The summed E-state index contributed by atoms with van der Waals surface area (Å²) < 4.78 is 49.1. The average molecular weight is 308 g/mol. The average Bonchev–Trinajstić information content (AvgIpc) is 2.38. The minimum atomic E-state index is -4.34. The summed E-state index contributed by atoms with van der Waals surface area (Å²) in [5.74, 6) is -5.56. The fourth-order valence-corrected chi connectivity index (χ4v) is 1.44. The van der Waals surface area contributed by atoms with Gasteiger partial charge in [0.2, 0.25) is 0 Å². The van der Waals surface area contributed by atoms with E-state index in [1.165, 1.54) is 25.1 Å². The fourth-order valence-electron chi connectivity index (χ4n) is 1.44. The van der Waals surface area contributed by atoms with Gasteiger partial charge < -0.3 is 15.7 Å². The molecule has 1 aromatic rings. The van der Waals surface area contributed by atoms with Crippen molar-refractivity contribution in [2.24, 2.45) is 0 Å². The molecule has 5 nitrogen and oxygen atoms in total. The van der Waals surface area contributed by atoms with E-state index in [1.807, 2.05) is 0 Å². The van der Waals surface area contributed by atoms with Crippen LogP contribution in [0.1, 0.15) is 15.9 Å². The van der Waals surface area contributed by atoms with Crippen LogP contribution in [0.4, 0.5) is 28.0 Å². The van der Waals surface area contributed by atoms with Crippen molar-refractivity contribution in [1.29, 1.82) is 0 Å². The van der Waals surface area contributed by atoms with Gasteiger partial charge in [-0.25, -0.2) is 18.4 Å². The van der Waals surface area contributed by atoms with Crippen molar-refractivity contribution in [2.45, 2.75) is 19.3 Å². The number of carboxylic acid groups (broad SMARTS) is 1. The van der Waals surface area contributed by atoms with Gasteiger partial charge >= 0.3 is 24.3 Å². The van der Waals surface area contributed by atoms with E-state index in [2.05, 4.69) is 5.32 Å². The number of alkyl halides is 4. The van der Waals surface area contributed by atoms with Gasteiger partial charge in [-0.3, -0.25) is 0 Å². The van der Waals surface area contributed by atoms with Crippen LogP contribution in [-0.2, 0) is 0 Å². The van der Waals surface area contributed by atoms with Crippen LogP contribution in [0.3, 0.4) is 0 Å². The molecule has 0 saturated heterocycles. The summed E-state index contributed by atoms with van der Waals surface area (Å²) in [5, 5.41) is 12.6. The number of halogens is 4. The lowest BCUT2D eigenvalue weighted by Gasteiger charge is -2.16. The Morgan fingerprint density at radius 1 is 1.33 bits per heavy atom. The molecule has 1 rings (SSSR count). The second-order valence-electron chi connectivity index (χ2n) is 4.15. The quantitative estimate of drug-likeness (QED) is 0.732. The van der Waals surface area contributed by atoms with Gasteiger partial charge in [0.15, 0.2) is 0 Å². The zero-order valence-electron chi connectivity index (χ0n) is 10.8. The number of benzene rings is 1. The predicted octanol–water partition coefficient (Wildman–Crippen LogP) is 2.72. The Labute approximate surface area is 117 Å². The summed E-state index contributed by atoms with van der Waals surface area (Å²) in [5.41, 5.74) is 0.208. The summed E-state index contributed by atoms with van der Waals surface area (Å²) in [6, 6.07) is 2.86. The first-order valence-electron chi connectivity index (χ1n) is 5.69. The molecule has 0 aliphatic rings. The van der Waals surface area contributed by atoms with Crippen LogP contribution in [0.5, 0.6) is 0 Å². The molecule has 0 heterocycles. The SMILES string of the molecule is Cc1c(NC(=O)NCC(F)(F)C(F)F)cccc1C(=O)O. The van der Waals surface area contributed by atoms with Crippen molar-refractivity contribution in [3.63, 3.8) is 0 Å². The third-order valence-electron chi connectivity index (χ3n) is 2.62. The van der Waals surface area contributed by atoms with Crippen LogP contribution in [0.25, 0.3) is 0 Å². The van der Waals surface area contributed by atoms with Crippen LogP contribution in [0, 0.1) is 6.92 Å². The number of nitrogens with one attached hydrogen (secondary N) is 2. The molecule has 21 heavy (non-hydrogen) atoms. The van der Waals surface area contributed by atoms with E-state index in [0.29, 0.717) is 0 Å². The minimum absolute atomic E-state index is 0.0766. The van der Waals surface area contributed by atoms with Gasteiger partial charge in [-0.1, -0.05) is 6.07 Å². The highest BCUT2D eigenvalue weighted by Gasteiger charge is 2.40. The van der Waals surface area contributed by atoms with Gasteiger partial charge in [-0.15, -0.1) is 0 Å². The van der Waals surface area contributed by atoms with E-state index >= 15 is 0 Å². The second kappa shape index (κ2) is 6.42. The first-order valence-corrected chi connectivity index (χ1v) is 5.69. The molecule has 3 N–H and O–H groups in total. The topological polar surface area (TPSA) is 78.4 Å². The number of carboxylic acids is 1. The molecule has 2 amide bonds. The maximum Gasteiger partial charge on any atom is 0.336 e. The highest BCUT2D eigenvalue weighted by molar-refractivity contribution is 5.95. The standard InChI is InChI=1S/C12H12F4N2O3/c1-6-7(9(19)20)3-2-4-8(6)18-11(21)17-5-12(15,16)10(13)14/h2-4,10H,5H2,1H3,(H,19,20)(H2,17,18,21). The van der Waals surface area contributed by atoms with Crippen molar-refractivity contribution in [1.82, 2.24) is 5.32 Å². The van der Waals surface area contributed by atoms with Crippen LogP contribution >= 0.6 is 0 Å². The maximum absolute atomic E-state index is 12.6. The number of rotatable bonds is 5. The summed E-state index contributed by atoms with van der Waals surface area (Å²) in [4.78, 5) is 22.2. The number of anilines is 1. The molecule has 0 bridgehead atoms. The zero-order chi connectivity index (χ0) is 16.2. The van der Waals surface area contributed by atoms with Gasteiger partial charge in [0.05, 0.1) is 12.1 Å². The lowest BCUT2D eigenvalue weighted by molar-refractivity contribution is -0.123. The molecule has 0 fully saturated rings. The molecule has 1 aromatic carbocycles. The van der Waals surface area contributed by atoms with Crippen molar-refractivity contribution in [3.8, 4) is 0 Å². The molecule has 9 heteroatoms. The summed E-state index contributed by atoms with van der Waals surface area (Å²) in [7, 11) is 0. The van der Waals surface area contributed by atoms with E-state index in [9.17, 15) is 27.2 Å². The van der Waals surface area contributed by atoms with Gasteiger partial charge in [0, 0.05) is 5.69 Å². The molecule has 0 saturated carbocycles. The Hall–Kier alpha value is -2.32. The smallest absolute Gasteiger partial charge is 0.336 e. The highest BCUT2D eigenvalue weighted by atomic mass is 19.3.